The predicted molar refractivity (Wildman–Crippen MR) is 75.2 cm³/mol. The Morgan fingerprint density at radius 2 is 1.58 bits per heavy atom. The minimum absolute atomic E-state index is 0.171. The highest BCUT2D eigenvalue weighted by Gasteiger charge is 2.04. The van der Waals surface area contributed by atoms with Crippen LogP contribution in [-0.2, 0) is 10.0 Å². The van der Waals surface area contributed by atoms with Crippen LogP contribution in [0.15, 0.2) is 36.4 Å². The molecule has 1 aromatic heterocycles. The van der Waals surface area contributed by atoms with Crippen molar-refractivity contribution < 1.29 is 8.42 Å². The van der Waals surface area contributed by atoms with Gasteiger partial charge in [-0.3, -0.25) is 4.72 Å². The molecule has 0 saturated heterocycles. The number of nitrogens with one attached hydrogen (secondary N) is 2. The molecule has 0 unspecified atom stereocenters. The van der Waals surface area contributed by atoms with E-state index in [0.717, 1.165) is 11.9 Å². The molecule has 1 heterocycles. The minimum Gasteiger partial charge on any atom is -0.339 e. The summed E-state index contributed by atoms with van der Waals surface area (Å²) in [6.45, 7) is 0. The molecule has 0 amide bonds. The van der Waals surface area contributed by atoms with Crippen molar-refractivity contribution in [2.75, 3.05) is 16.3 Å². The third kappa shape index (κ3) is 4.38. The van der Waals surface area contributed by atoms with Gasteiger partial charge in [0.15, 0.2) is 11.6 Å². The van der Waals surface area contributed by atoms with Crippen molar-refractivity contribution >= 4 is 38.9 Å². The molecule has 8 heteroatoms. The van der Waals surface area contributed by atoms with E-state index in [1.807, 2.05) is 0 Å². The van der Waals surface area contributed by atoms with Crippen molar-refractivity contribution in [3.8, 4) is 0 Å². The molecule has 0 atom stereocenters. The van der Waals surface area contributed by atoms with Crippen molar-refractivity contribution in [3.63, 3.8) is 0 Å². The van der Waals surface area contributed by atoms with E-state index in [0.29, 0.717) is 10.8 Å². The van der Waals surface area contributed by atoms with Crippen molar-refractivity contribution in [3.05, 3.63) is 41.4 Å². The highest BCUT2D eigenvalue weighted by atomic mass is 35.5. The largest absolute Gasteiger partial charge is 0.339 e. The highest BCUT2D eigenvalue weighted by Crippen LogP contribution is 2.17. The van der Waals surface area contributed by atoms with Gasteiger partial charge in [0.2, 0.25) is 10.0 Å². The number of nitrogens with zero attached hydrogens (tertiary/aromatic N) is 2. The van der Waals surface area contributed by atoms with E-state index in [2.05, 4.69) is 20.2 Å². The van der Waals surface area contributed by atoms with Crippen LogP contribution in [0.1, 0.15) is 0 Å². The normalized spacial score (nSPS) is 11.1. The number of aromatic nitrogens is 2. The fraction of sp³-hybridized carbons (Fsp3) is 0.0909. The second kappa shape index (κ2) is 5.41. The first kappa shape index (κ1) is 13.6. The van der Waals surface area contributed by atoms with Crippen LogP contribution < -0.4 is 10.0 Å². The van der Waals surface area contributed by atoms with Gasteiger partial charge in [-0.2, -0.15) is 0 Å². The molecule has 0 aliphatic heterocycles. The topological polar surface area (TPSA) is 84.0 Å². The maximum atomic E-state index is 11.0. The van der Waals surface area contributed by atoms with E-state index in [9.17, 15) is 8.42 Å². The van der Waals surface area contributed by atoms with Gasteiger partial charge in [0.1, 0.15) is 0 Å². The molecule has 0 radical (unpaired) electrons. The Labute approximate surface area is 115 Å². The molecule has 1 aromatic carbocycles. The molecule has 0 saturated carbocycles. The Hall–Kier alpha value is -1.86. The molecule has 100 valence electrons. The zero-order valence-corrected chi connectivity index (χ0v) is 11.5. The lowest BCUT2D eigenvalue weighted by Crippen LogP contribution is -2.11. The van der Waals surface area contributed by atoms with Crippen LogP contribution in [0.5, 0.6) is 0 Å². The number of rotatable bonds is 4. The van der Waals surface area contributed by atoms with Crippen molar-refractivity contribution in [1.29, 1.82) is 0 Å². The summed E-state index contributed by atoms with van der Waals surface area (Å²) < 4.78 is 24.2. The summed E-state index contributed by atoms with van der Waals surface area (Å²) in [4.78, 5) is 0. The Morgan fingerprint density at radius 3 is 2.11 bits per heavy atom. The third-order valence-corrected chi connectivity index (χ3v) is 2.90. The van der Waals surface area contributed by atoms with Gasteiger partial charge in [0, 0.05) is 10.7 Å². The van der Waals surface area contributed by atoms with Crippen molar-refractivity contribution in [1.82, 2.24) is 10.2 Å². The van der Waals surface area contributed by atoms with Gasteiger partial charge in [0.05, 0.1) is 6.26 Å². The first-order chi connectivity index (χ1) is 8.92. The Morgan fingerprint density at radius 1 is 1.00 bits per heavy atom. The number of benzene rings is 1. The average molecular weight is 299 g/mol. The third-order valence-electron chi connectivity index (χ3n) is 2.07. The molecular formula is C11H11ClN4O2S. The predicted octanol–water partition coefficient (Wildman–Crippen LogP) is 2.25. The second-order valence-electron chi connectivity index (χ2n) is 3.81. The van der Waals surface area contributed by atoms with E-state index in [-0.39, 0.29) is 5.82 Å². The van der Waals surface area contributed by atoms with Gasteiger partial charge in [-0.15, -0.1) is 10.2 Å². The quantitative estimate of drug-likeness (QED) is 0.904. The monoisotopic (exact) mass is 298 g/mol. The number of sulfonamides is 1. The summed E-state index contributed by atoms with van der Waals surface area (Å²) in [5.74, 6) is 0.672. The first-order valence-electron chi connectivity index (χ1n) is 5.26. The number of anilines is 3. The van der Waals surface area contributed by atoms with Crippen LogP contribution in [-0.4, -0.2) is 24.9 Å². The van der Waals surface area contributed by atoms with Crippen molar-refractivity contribution in [2.45, 2.75) is 0 Å². The van der Waals surface area contributed by atoms with E-state index in [1.165, 1.54) is 6.07 Å². The van der Waals surface area contributed by atoms with Crippen LogP contribution in [0.25, 0.3) is 0 Å². The van der Waals surface area contributed by atoms with E-state index in [4.69, 9.17) is 11.6 Å². The summed E-state index contributed by atoms with van der Waals surface area (Å²) >= 11 is 5.78. The van der Waals surface area contributed by atoms with Gasteiger partial charge in [0.25, 0.3) is 0 Å². The molecule has 0 aliphatic carbocycles. The molecule has 0 aliphatic rings. The van der Waals surface area contributed by atoms with E-state index in [1.54, 1.807) is 30.3 Å². The fourth-order valence-electron chi connectivity index (χ4n) is 1.32. The summed E-state index contributed by atoms with van der Waals surface area (Å²) in [7, 11) is -3.34. The van der Waals surface area contributed by atoms with Gasteiger partial charge in [-0.05, 0) is 36.4 Å². The molecule has 6 nitrogen and oxygen atoms in total. The summed E-state index contributed by atoms with van der Waals surface area (Å²) in [5, 5.41) is 11.3. The molecule has 0 spiro atoms. The Balaban J connectivity index is 2.08. The molecule has 2 aromatic rings. The van der Waals surface area contributed by atoms with Gasteiger partial charge in [-0.1, -0.05) is 11.6 Å². The molecule has 0 bridgehead atoms. The molecule has 2 rings (SSSR count). The van der Waals surface area contributed by atoms with E-state index < -0.39 is 10.0 Å². The van der Waals surface area contributed by atoms with Crippen molar-refractivity contribution in [2.24, 2.45) is 0 Å². The highest BCUT2D eigenvalue weighted by molar-refractivity contribution is 7.92. The van der Waals surface area contributed by atoms with E-state index >= 15 is 0 Å². The van der Waals surface area contributed by atoms with Crippen LogP contribution in [0.2, 0.25) is 5.02 Å². The molecule has 2 N–H and O–H groups in total. The molecular weight excluding hydrogens is 288 g/mol. The van der Waals surface area contributed by atoms with Gasteiger partial charge < -0.3 is 5.32 Å². The SMILES string of the molecule is CS(=O)(=O)Nc1ccc(Nc2ccc(Cl)cc2)nn1. The summed E-state index contributed by atoms with van der Waals surface area (Å²) in [6.07, 6.45) is 1.05. The first-order valence-corrected chi connectivity index (χ1v) is 7.53. The Kier molecular flexibility index (Phi) is 3.87. The smallest absolute Gasteiger partial charge is 0.231 e. The second-order valence-corrected chi connectivity index (χ2v) is 5.99. The summed E-state index contributed by atoms with van der Waals surface area (Å²) in [5.41, 5.74) is 0.808. The number of hydrogen-bond acceptors (Lipinski definition) is 5. The lowest BCUT2D eigenvalue weighted by atomic mass is 10.3. The molecule has 19 heavy (non-hydrogen) atoms. The minimum atomic E-state index is -3.34. The van der Waals surface area contributed by atoms with Gasteiger partial charge >= 0.3 is 0 Å². The Bertz CT molecular complexity index is 656. The van der Waals surface area contributed by atoms with Crippen LogP contribution in [0.4, 0.5) is 17.3 Å². The maximum Gasteiger partial charge on any atom is 0.231 e. The van der Waals surface area contributed by atoms with Crippen LogP contribution in [0.3, 0.4) is 0 Å². The lowest BCUT2D eigenvalue weighted by Gasteiger charge is -2.06. The zero-order chi connectivity index (χ0) is 13.9. The van der Waals surface area contributed by atoms with Crippen LogP contribution >= 0.6 is 11.6 Å². The molecule has 0 fully saturated rings. The average Bonchev–Trinajstić information content (AvgIpc) is 2.33. The summed E-state index contributed by atoms with van der Waals surface area (Å²) in [6, 6.07) is 10.2. The standard InChI is InChI=1S/C11H11ClN4O2S/c1-19(17,18)16-11-7-6-10(14-15-11)13-9-4-2-8(12)3-5-9/h2-7H,1H3,(H,13,14)(H,15,16). The zero-order valence-electron chi connectivity index (χ0n) is 9.96. The maximum absolute atomic E-state index is 11.0. The lowest BCUT2D eigenvalue weighted by molar-refractivity contribution is 0.606. The number of hydrogen-bond donors (Lipinski definition) is 2. The number of halogens is 1. The fourth-order valence-corrected chi connectivity index (χ4v) is 1.94. The van der Waals surface area contributed by atoms with Gasteiger partial charge in [-0.25, -0.2) is 8.42 Å². The van der Waals surface area contributed by atoms with Crippen LogP contribution in [0, 0.1) is 0 Å².